The number of piperidine rings is 1. The Labute approximate surface area is 123 Å². The smallest absolute Gasteiger partial charge is 0.391 e. The van der Waals surface area contributed by atoms with Gasteiger partial charge in [-0.25, -0.2) is 9.78 Å². The molecule has 0 aromatic carbocycles. The number of primary amides is 1. The van der Waals surface area contributed by atoms with Crippen molar-refractivity contribution in [1.82, 2.24) is 9.88 Å². The summed E-state index contributed by atoms with van der Waals surface area (Å²) < 4.78 is 4.72. The van der Waals surface area contributed by atoms with Gasteiger partial charge < -0.3 is 15.4 Å². The molecule has 1 amide bonds. The number of pyridine rings is 1. The molecule has 112 valence electrons. The summed E-state index contributed by atoms with van der Waals surface area (Å²) in [6.45, 7) is 1.97. The van der Waals surface area contributed by atoms with E-state index < -0.39 is 6.09 Å². The van der Waals surface area contributed by atoms with Crippen LogP contribution in [0.25, 0.3) is 0 Å². The molecule has 2 aliphatic rings. The highest BCUT2D eigenvalue weighted by Gasteiger charge is 2.34. The van der Waals surface area contributed by atoms with Gasteiger partial charge in [-0.15, -0.1) is 0 Å². The molecule has 0 bridgehead atoms. The molecule has 2 N–H and O–H groups in total. The number of carbonyl (C=O) groups is 2. The molecular formula is C15H19N3O3. The lowest BCUT2D eigenvalue weighted by atomic mass is 9.90. The number of carbonyl (C=O) groups excluding carboxylic acids is 2. The van der Waals surface area contributed by atoms with Crippen LogP contribution in [0, 0.1) is 5.92 Å². The Hall–Kier alpha value is -1.95. The Morgan fingerprint density at radius 2 is 1.90 bits per heavy atom. The van der Waals surface area contributed by atoms with Crippen LogP contribution >= 0.6 is 0 Å². The molecule has 0 atom stereocenters. The normalized spacial score (nSPS) is 20.2. The van der Waals surface area contributed by atoms with Crippen molar-refractivity contribution in [3.05, 3.63) is 23.9 Å². The molecule has 1 aromatic heterocycles. The van der Waals surface area contributed by atoms with Crippen LogP contribution in [0.5, 0.6) is 5.88 Å². The van der Waals surface area contributed by atoms with E-state index in [1.807, 2.05) is 0 Å². The predicted octanol–water partition coefficient (Wildman–Crippen LogP) is 1.60. The molecule has 3 rings (SSSR count). The Morgan fingerprint density at radius 3 is 2.52 bits per heavy atom. The largest absolute Gasteiger partial charge is 0.411 e. The zero-order valence-corrected chi connectivity index (χ0v) is 11.8. The van der Waals surface area contributed by atoms with Gasteiger partial charge in [-0.1, -0.05) is 6.07 Å². The summed E-state index contributed by atoms with van der Waals surface area (Å²) in [6, 6.07) is 5.57. The monoisotopic (exact) mass is 289 g/mol. The minimum absolute atomic E-state index is 0.0105. The number of ketones is 1. The number of aromatic nitrogens is 1. The van der Waals surface area contributed by atoms with Crippen molar-refractivity contribution < 1.29 is 14.3 Å². The van der Waals surface area contributed by atoms with Gasteiger partial charge in [0.1, 0.15) is 5.69 Å². The molecule has 6 heteroatoms. The summed E-state index contributed by atoms with van der Waals surface area (Å²) in [5.41, 5.74) is 5.30. The molecule has 1 saturated carbocycles. The molecule has 1 saturated heterocycles. The third-order valence-corrected chi connectivity index (χ3v) is 4.14. The van der Waals surface area contributed by atoms with Crippen LogP contribution in [0.4, 0.5) is 4.79 Å². The van der Waals surface area contributed by atoms with Gasteiger partial charge >= 0.3 is 6.09 Å². The van der Waals surface area contributed by atoms with Gasteiger partial charge in [0.25, 0.3) is 0 Å². The lowest BCUT2D eigenvalue weighted by Gasteiger charge is -2.31. The second-order valence-corrected chi connectivity index (χ2v) is 5.69. The second-order valence-electron chi connectivity index (χ2n) is 5.69. The number of Topliss-reactive ketones (excluding diaryl/α,β-unsaturated/α-hetero) is 1. The fourth-order valence-electron chi connectivity index (χ4n) is 2.89. The van der Waals surface area contributed by atoms with Gasteiger partial charge in [0.2, 0.25) is 5.88 Å². The van der Waals surface area contributed by atoms with E-state index in [1.165, 1.54) is 18.9 Å². The van der Waals surface area contributed by atoms with Crippen molar-refractivity contribution in [1.29, 1.82) is 0 Å². The molecule has 21 heavy (non-hydrogen) atoms. The maximum Gasteiger partial charge on any atom is 0.411 e. The van der Waals surface area contributed by atoms with Gasteiger partial charge in [0, 0.05) is 18.0 Å². The molecule has 0 unspecified atom stereocenters. The van der Waals surface area contributed by atoms with Crippen LogP contribution in [0.15, 0.2) is 18.2 Å². The lowest BCUT2D eigenvalue weighted by Crippen LogP contribution is -2.37. The summed E-state index contributed by atoms with van der Waals surface area (Å²) >= 11 is 0. The third-order valence-electron chi connectivity index (χ3n) is 4.14. The molecule has 2 heterocycles. The zero-order chi connectivity index (χ0) is 14.8. The van der Waals surface area contributed by atoms with E-state index >= 15 is 0 Å². The van der Waals surface area contributed by atoms with Crippen LogP contribution in [0.3, 0.4) is 0 Å². The molecule has 0 radical (unpaired) electrons. The van der Waals surface area contributed by atoms with Crippen molar-refractivity contribution in [3.8, 4) is 5.88 Å². The van der Waals surface area contributed by atoms with Crippen LogP contribution < -0.4 is 10.5 Å². The van der Waals surface area contributed by atoms with Gasteiger partial charge in [-0.05, 0) is 44.8 Å². The maximum atomic E-state index is 12.5. The Bertz CT molecular complexity index is 549. The first-order valence-corrected chi connectivity index (χ1v) is 7.36. The minimum Gasteiger partial charge on any atom is -0.391 e. The average molecular weight is 289 g/mol. The highest BCUT2D eigenvalue weighted by atomic mass is 16.6. The van der Waals surface area contributed by atoms with E-state index in [1.54, 1.807) is 12.1 Å². The highest BCUT2D eigenvalue weighted by molar-refractivity contribution is 5.96. The summed E-state index contributed by atoms with van der Waals surface area (Å²) in [5.74, 6) is 0.112. The zero-order valence-electron chi connectivity index (χ0n) is 11.8. The Morgan fingerprint density at radius 1 is 1.19 bits per heavy atom. The van der Waals surface area contributed by atoms with Crippen LogP contribution in [0.2, 0.25) is 0 Å². The lowest BCUT2D eigenvalue weighted by molar-refractivity contribution is 0.0827. The first-order valence-electron chi connectivity index (χ1n) is 7.36. The minimum atomic E-state index is -0.926. The van der Waals surface area contributed by atoms with E-state index in [9.17, 15) is 9.59 Å². The van der Waals surface area contributed by atoms with Gasteiger partial charge in [-0.3, -0.25) is 4.79 Å². The highest BCUT2D eigenvalue weighted by Crippen LogP contribution is 2.31. The fraction of sp³-hybridized carbons (Fsp3) is 0.533. The number of nitrogens with two attached hydrogens (primary N) is 1. The molecule has 1 aliphatic heterocycles. The SMILES string of the molecule is NC(=O)Oc1cccc(C(=O)C2CCN(C3CC3)CC2)n1. The molecule has 0 spiro atoms. The van der Waals surface area contributed by atoms with Crippen LogP contribution in [-0.2, 0) is 0 Å². The summed E-state index contributed by atoms with van der Waals surface area (Å²) in [6.07, 6.45) is 3.42. The van der Waals surface area contributed by atoms with Crippen molar-refractivity contribution >= 4 is 11.9 Å². The Kier molecular flexibility index (Phi) is 3.88. The van der Waals surface area contributed by atoms with E-state index in [0.29, 0.717) is 5.69 Å². The quantitative estimate of drug-likeness (QED) is 0.851. The molecule has 1 aliphatic carbocycles. The number of hydrogen-bond donors (Lipinski definition) is 1. The summed E-state index contributed by atoms with van der Waals surface area (Å²) in [4.78, 5) is 29.7. The number of hydrogen-bond acceptors (Lipinski definition) is 5. The second kappa shape index (κ2) is 5.81. The molecular weight excluding hydrogens is 270 g/mol. The topological polar surface area (TPSA) is 85.5 Å². The summed E-state index contributed by atoms with van der Waals surface area (Å²) in [7, 11) is 0. The van der Waals surface area contributed by atoms with E-state index in [-0.39, 0.29) is 17.6 Å². The van der Waals surface area contributed by atoms with Crippen molar-refractivity contribution in [2.75, 3.05) is 13.1 Å². The van der Waals surface area contributed by atoms with Crippen molar-refractivity contribution in [2.24, 2.45) is 11.7 Å². The standard InChI is InChI=1S/C15H19N3O3/c16-15(20)21-13-3-1-2-12(17-13)14(19)10-6-8-18(9-7-10)11-4-5-11/h1-3,10-11H,4-9H2,(H2,16,20). The molecule has 6 nitrogen and oxygen atoms in total. The van der Waals surface area contributed by atoms with Crippen LogP contribution in [0.1, 0.15) is 36.2 Å². The first-order chi connectivity index (χ1) is 10.1. The third kappa shape index (κ3) is 3.39. The number of amides is 1. The number of rotatable bonds is 4. The van der Waals surface area contributed by atoms with Gasteiger partial charge in [0.05, 0.1) is 0 Å². The Balaban J connectivity index is 1.63. The van der Waals surface area contributed by atoms with Gasteiger partial charge in [-0.2, -0.15) is 0 Å². The average Bonchev–Trinajstić information content (AvgIpc) is 3.31. The first kappa shape index (κ1) is 14.0. The molecule has 2 fully saturated rings. The van der Waals surface area contributed by atoms with Crippen molar-refractivity contribution in [2.45, 2.75) is 31.7 Å². The predicted molar refractivity (Wildman–Crippen MR) is 76.1 cm³/mol. The van der Waals surface area contributed by atoms with Gasteiger partial charge in [0.15, 0.2) is 5.78 Å². The van der Waals surface area contributed by atoms with E-state index in [4.69, 9.17) is 10.5 Å². The van der Waals surface area contributed by atoms with E-state index in [0.717, 1.165) is 32.0 Å². The summed E-state index contributed by atoms with van der Waals surface area (Å²) in [5, 5.41) is 0. The van der Waals surface area contributed by atoms with Crippen LogP contribution in [-0.4, -0.2) is 40.9 Å². The number of ether oxygens (including phenoxy) is 1. The van der Waals surface area contributed by atoms with E-state index in [2.05, 4.69) is 9.88 Å². The molecule has 1 aromatic rings. The number of likely N-dealkylation sites (tertiary alicyclic amines) is 1. The number of nitrogens with zero attached hydrogens (tertiary/aromatic N) is 2. The maximum absolute atomic E-state index is 12.5. The van der Waals surface area contributed by atoms with Crippen molar-refractivity contribution in [3.63, 3.8) is 0 Å². The fourth-order valence-corrected chi connectivity index (χ4v) is 2.89.